The maximum Gasteiger partial charge on any atom is 0.123 e. The van der Waals surface area contributed by atoms with Crippen molar-refractivity contribution < 1.29 is 4.74 Å². The Bertz CT molecular complexity index is 864. The predicted molar refractivity (Wildman–Crippen MR) is 95.6 cm³/mol. The second-order valence-electron chi connectivity index (χ2n) is 6.67. The summed E-state index contributed by atoms with van der Waals surface area (Å²) in [6.07, 6.45) is 1.40. The van der Waals surface area contributed by atoms with Crippen LogP contribution in [-0.2, 0) is 6.42 Å². The van der Waals surface area contributed by atoms with Crippen LogP contribution in [-0.4, -0.2) is 30.7 Å². The summed E-state index contributed by atoms with van der Waals surface area (Å²) < 4.78 is 5.92. The van der Waals surface area contributed by atoms with Crippen molar-refractivity contribution in [1.82, 2.24) is 15.6 Å². The van der Waals surface area contributed by atoms with Crippen LogP contribution in [0.15, 0.2) is 48.5 Å². The highest BCUT2D eigenvalue weighted by Gasteiger charge is 2.25. The molecule has 1 saturated heterocycles. The van der Waals surface area contributed by atoms with E-state index in [0.29, 0.717) is 6.10 Å². The third-order valence-corrected chi connectivity index (χ3v) is 5.12. The van der Waals surface area contributed by atoms with Crippen molar-refractivity contribution >= 4 is 10.9 Å². The third kappa shape index (κ3) is 2.30. The molecule has 3 N–H and O–H groups in total. The van der Waals surface area contributed by atoms with Crippen molar-refractivity contribution in [2.75, 3.05) is 19.6 Å². The van der Waals surface area contributed by atoms with E-state index < -0.39 is 0 Å². The molecule has 1 atom stereocenters. The molecule has 2 aliphatic rings. The zero-order valence-electron chi connectivity index (χ0n) is 13.5. The van der Waals surface area contributed by atoms with Gasteiger partial charge in [0.1, 0.15) is 11.9 Å². The lowest BCUT2D eigenvalue weighted by atomic mass is 9.94. The first-order valence-corrected chi connectivity index (χ1v) is 8.69. The number of H-pyrrole nitrogens is 1. The van der Waals surface area contributed by atoms with Crippen LogP contribution in [0.1, 0.15) is 22.9 Å². The SMILES string of the molecule is c1ccc2c3c([nH]c2c1)[C@@H](c1ccc(OC2CNC2)cc1)NCC3. The lowest BCUT2D eigenvalue weighted by Crippen LogP contribution is -2.50. The van der Waals surface area contributed by atoms with E-state index in [0.717, 1.165) is 31.8 Å². The minimum absolute atomic E-state index is 0.223. The molecule has 0 saturated carbocycles. The Morgan fingerprint density at radius 3 is 2.58 bits per heavy atom. The molecule has 0 aliphatic carbocycles. The van der Waals surface area contributed by atoms with Crippen molar-refractivity contribution in [3.05, 3.63) is 65.4 Å². The molecule has 4 heteroatoms. The lowest BCUT2D eigenvalue weighted by molar-refractivity contribution is 0.142. The predicted octanol–water partition coefficient (Wildman–Crippen LogP) is 2.75. The number of rotatable bonds is 3. The van der Waals surface area contributed by atoms with Gasteiger partial charge in [0.05, 0.1) is 6.04 Å². The summed E-state index contributed by atoms with van der Waals surface area (Å²) in [6, 6.07) is 17.4. The van der Waals surface area contributed by atoms with Gasteiger partial charge in [-0.05, 0) is 35.7 Å². The van der Waals surface area contributed by atoms with E-state index in [9.17, 15) is 0 Å². The van der Waals surface area contributed by atoms with Gasteiger partial charge in [0.15, 0.2) is 0 Å². The number of ether oxygens (including phenoxy) is 1. The normalized spacial score (nSPS) is 20.6. The van der Waals surface area contributed by atoms with Gasteiger partial charge in [-0.3, -0.25) is 0 Å². The third-order valence-electron chi connectivity index (χ3n) is 5.12. The van der Waals surface area contributed by atoms with Gasteiger partial charge in [-0.2, -0.15) is 0 Å². The largest absolute Gasteiger partial charge is 0.488 e. The number of aromatic amines is 1. The highest BCUT2D eigenvalue weighted by molar-refractivity contribution is 5.85. The van der Waals surface area contributed by atoms with Crippen LogP contribution in [0.3, 0.4) is 0 Å². The molecule has 1 aromatic heterocycles. The zero-order chi connectivity index (χ0) is 15.9. The lowest BCUT2D eigenvalue weighted by Gasteiger charge is -2.28. The maximum absolute atomic E-state index is 5.92. The van der Waals surface area contributed by atoms with Gasteiger partial charge >= 0.3 is 0 Å². The molecule has 0 bridgehead atoms. The first-order valence-electron chi connectivity index (χ1n) is 8.69. The summed E-state index contributed by atoms with van der Waals surface area (Å²) >= 11 is 0. The molecular formula is C20H21N3O. The fourth-order valence-electron chi connectivity index (χ4n) is 3.74. The quantitative estimate of drug-likeness (QED) is 0.696. The van der Waals surface area contributed by atoms with Crippen LogP contribution in [0.4, 0.5) is 0 Å². The van der Waals surface area contributed by atoms with Gasteiger partial charge in [-0.1, -0.05) is 30.3 Å². The molecule has 24 heavy (non-hydrogen) atoms. The van der Waals surface area contributed by atoms with Crippen molar-refractivity contribution in [1.29, 1.82) is 0 Å². The number of fused-ring (bicyclic) bond motifs is 3. The van der Waals surface area contributed by atoms with E-state index in [1.54, 1.807) is 0 Å². The van der Waals surface area contributed by atoms with Crippen molar-refractivity contribution in [3.63, 3.8) is 0 Å². The summed E-state index contributed by atoms with van der Waals surface area (Å²) in [5, 5.41) is 8.24. The molecular weight excluding hydrogens is 298 g/mol. The number of nitrogens with one attached hydrogen (secondary N) is 3. The van der Waals surface area contributed by atoms with Crippen LogP contribution >= 0.6 is 0 Å². The Morgan fingerprint density at radius 2 is 1.79 bits per heavy atom. The van der Waals surface area contributed by atoms with Gasteiger partial charge in [0, 0.05) is 36.2 Å². The highest BCUT2D eigenvalue weighted by atomic mass is 16.5. The molecule has 2 aliphatic heterocycles. The number of aromatic nitrogens is 1. The second-order valence-corrected chi connectivity index (χ2v) is 6.67. The standard InChI is InChI=1S/C20H21N3O/c1-2-4-18-16(3-1)17-9-10-22-19(20(17)23-18)13-5-7-14(8-6-13)24-15-11-21-12-15/h1-8,15,19,21-23H,9-12H2/t19-/m1/s1. The molecule has 1 fully saturated rings. The van der Waals surface area contributed by atoms with Gasteiger partial charge in [-0.15, -0.1) is 0 Å². The molecule has 0 spiro atoms. The maximum atomic E-state index is 5.92. The summed E-state index contributed by atoms with van der Waals surface area (Å²) in [4.78, 5) is 3.63. The van der Waals surface area contributed by atoms with Crippen LogP contribution in [0, 0.1) is 0 Å². The van der Waals surface area contributed by atoms with Crippen molar-refractivity contribution in [3.8, 4) is 5.75 Å². The Labute approximate surface area is 141 Å². The molecule has 122 valence electrons. The minimum atomic E-state index is 0.223. The molecule has 4 nitrogen and oxygen atoms in total. The molecule has 0 unspecified atom stereocenters. The van der Waals surface area contributed by atoms with Gasteiger partial charge in [0.25, 0.3) is 0 Å². The highest BCUT2D eigenvalue weighted by Crippen LogP contribution is 2.33. The first kappa shape index (κ1) is 14.1. The fourth-order valence-corrected chi connectivity index (χ4v) is 3.74. The van der Waals surface area contributed by atoms with E-state index in [1.807, 2.05) is 0 Å². The van der Waals surface area contributed by atoms with Crippen molar-refractivity contribution in [2.24, 2.45) is 0 Å². The van der Waals surface area contributed by atoms with Crippen LogP contribution in [0.25, 0.3) is 10.9 Å². The number of para-hydroxylation sites is 1. The summed E-state index contributed by atoms with van der Waals surface area (Å²) in [5.41, 5.74) is 5.27. The van der Waals surface area contributed by atoms with Crippen LogP contribution in [0.2, 0.25) is 0 Å². The molecule has 2 aromatic carbocycles. The molecule has 5 rings (SSSR count). The molecule has 0 amide bonds. The average Bonchev–Trinajstić information content (AvgIpc) is 2.97. The second kappa shape index (κ2) is 5.65. The van der Waals surface area contributed by atoms with E-state index in [1.165, 1.54) is 27.7 Å². The van der Waals surface area contributed by atoms with Crippen LogP contribution in [0.5, 0.6) is 5.75 Å². The smallest absolute Gasteiger partial charge is 0.123 e. The Kier molecular flexibility index (Phi) is 3.32. The Hall–Kier alpha value is -2.30. The zero-order valence-corrected chi connectivity index (χ0v) is 13.5. The minimum Gasteiger partial charge on any atom is -0.488 e. The summed E-state index contributed by atoms with van der Waals surface area (Å²) in [5.74, 6) is 0.956. The van der Waals surface area contributed by atoms with Gasteiger partial charge < -0.3 is 20.4 Å². The Balaban J connectivity index is 1.47. The monoisotopic (exact) mass is 319 g/mol. The van der Waals surface area contributed by atoms with E-state index in [-0.39, 0.29) is 6.04 Å². The summed E-state index contributed by atoms with van der Waals surface area (Å²) in [7, 11) is 0. The number of hydrogen-bond donors (Lipinski definition) is 3. The molecule has 0 radical (unpaired) electrons. The van der Waals surface area contributed by atoms with E-state index >= 15 is 0 Å². The number of hydrogen-bond acceptors (Lipinski definition) is 3. The van der Waals surface area contributed by atoms with Crippen molar-refractivity contribution in [2.45, 2.75) is 18.6 Å². The van der Waals surface area contributed by atoms with E-state index in [2.05, 4.69) is 64.1 Å². The molecule has 3 heterocycles. The van der Waals surface area contributed by atoms with Crippen LogP contribution < -0.4 is 15.4 Å². The van der Waals surface area contributed by atoms with E-state index in [4.69, 9.17) is 4.74 Å². The van der Waals surface area contributed by atoms with Gasteiger partial charge in [-0.25, -0.2) is 0 Å². The number of benzene rings is 2. The summed E-state index contributed by atoms with van der Waals surface area (Å²) in [6.45, 7) is 2.90. The molecule has 3 aromatic rings. The topological polar surface area (TPSA) is 49.1 Å². The Morgan fingerprint density at radius 1 is 0.958 bits per heavy atom. The first-order chi connectivity index (χ1) is 11.9. The van der Waals surface area contributed by atoms with Gasteiger partial charge in [0.2, 0.25) is 0 Å². The fraction of sp³-hybridized carbons (Fsp3) is 0.300. The average molecular weight is 319 g/mol.